The third-order valence-corrected chi connectivity index (χ3v) is 3.77. The fourth-order valence-corrected chi connectivity index (χ4v) is 2.68. The number of hydrogen-bond acceptors (Lipinski definition) is 3. The molecular weight excluding hydrogens is 236 g/mol. The quantitative estimate of drug-likeness (QED) is 0.810. The van der Waals surface area contributed by atoms with Gasteiger partial charge < -0.3 is 10.8 Å². The SMILES string of the molecule is Nc1cccc2c1CN(Cc1ccccc1O)CC2. The molecule has 2 aromatic rings. The van der Waals surface area contributed by atoms with Crippen LogP contribution in [0.3, 0.4) is 0 Å². The second-order valence-corrected chi connectivity index (χ2v) is 5.07. The molecule has 0 spiro atoms. The highest BCUT2D eigenvalue weighted by Gasteiger charge is 2.18. The number of hydrogen-bond donors (Lipinski definition) is 2. The average Bonchev–Trinajstić information content (AvgIpc) is 2.42. The van der Waals surface area contributed by atoms with Gasteiger partial charge in [-0.2, -0.15) is 0 Å². The van der Waals surface area contributed by atoms with E-state index in [1.54, 1.807) is 6.07 Å². The molecule has 19 heavy (non-hydrogen) atoms. The van der Waals surface area contributed by atoms with Crippen molar-refractivity contribution in [2.24, 2.45) is 0 Å². The van der Waals surface area contributed by atoms with Crippen molar-refractivity contribution in [1.82, 2.24) is 4.90 Å². The summed E-state index contributed by atoms with van der Waals surface area (Å²) in [5.41, 5.74) is 10.5. The lowest BCUT2D eigenvalue weighted by molar-refractivity contribution is 0.243. The fourth-order valence-electron chi connectivity index (χ4n) is 2.68. The van der Waals surface area contributed by atoms with Crippen molar-refractivity contribution in [2.45, 2.75) is 19.5 Å². The zero-order valence-electron chi connectivity index (χ0n) is 10.8. The summed E-state index contributed by atoms with van der Waals surface area (Å²) in [6.07, 6.45) is 1.02. The number of fused-ring (bicyclic) bond motifs is 1. The number of para-hydroxylation sites is 1. The van der Waals surface area contributed by atoms with Gasteiger partial charge in [0.05, 0.1) is 0 Å². The first-order valence-electron chi connectivity index (χ1n) is 6.59. The highest BCUT2D eigenvalue weighted by molar-refractivity contribution is 5.51. The average molecular weight is 254 g/mol. The molecule has 0 aliphatic carbocycles. The van der Waals surface area contributed by atoms with E-state index in [0.29, 0.717) is 5.75 Å². The van der Waals surface area contributed by atoms with Crippen molar-refractivity contribution in [1.29, 1.82) is 0 Å². The molecule has 3 rings (SSSR count). The first-order valence-corrected chi connectivity index (χ1v) is 6.59. The maximum atomic E-state index is 9.84. The van der Waals surface area contributed by atoms with Crippen LogP contribution in [-0.2, 0) is 19.5 Å². The Balaban J connectivity index is 1.79. The van der Waals surface area contributed by atoms with Crippen molar-refractivity contribution in [3.8, 4) is 5.75 Å². The maximum absolute atomic E-state index is 9.84. The lowest BCUT2D eigenvalue weighted by Gasteiger charge is -2.29. The van der Waals surface area contributed by atoms with E-state index >= 15 is 0 Å². The van der Waals surface area contributed by atoms with Gasteiger partial charge in [0.1, 0.15) is 5.75 Å². The van der Waals surface area contributed by atoms with Crippen molar-refractivity contribution in [3.63, 3.8) is 0 Å². The Morgan fingerprint density at radius 3 is 2.79 bits per heavy atom. The predicted molar refractivity (Wildman–Crippen MR) is 76.8 cm³/mol. The summed E-state index contributed by atoms with van der Waals surface area (Å²) < 4.78 is 0. The topological polar surface area (TPSA) is 49.5 Å². The van der Waals surface area contributed by atoms with E-state index in [9.17, 15) is 5.11 Å². The zero-order chi connectivity index (χ0) is 13.2. The molecule has 0 aromatic heterocycles. The first kappa shape index (κ1) is 12.1. The van der Waals surface area contributed by atoms with Crippen molar-refractivity contribution in [3.05, 3.63) is 59.2 Å². The molecular formula is C16H18N2O. The molecule has 0 unspecified atom stereocenters. The van der Waals surface area contributed by atoms with E-state index < -0.39 is 0 Å². The number of phenolic OH excluding ortho intramolecular Hbond substituents is 1. The minimum atomic E-state index is 0.370. The molecule has 0 radical (unpaired) electrons. The molecule has 3 nitrogen and oxygen atoms in total. The smallest absolute Gasteiger partial charge is 0.120 e. The molecule has 3 heteroatoms. The summed E-state index contributed by atoms with van der Waals surface area (Å²) in [5.74, 6) is 0.370. The Labute approximate surface area is 113 Å². The minimum Gasteiger partial charge on any atom is -0.508 e. The summed E-state index contributed by atoms with van der Waals surface area (Å²) in [7, 11) is 0. The second kappa shape index (κ2) is 4.94. The van der Waals surface area contributed by atoms with Crippen LogP contribution in [0.25, 0.3) is 0 Å². The Hall–Kier alpha value is -2.00. The second-order valence-electron chi connectivity index (χ2n) is 5.07. The minimum absolute atomic E-state index is 0.370. The number of phenols is 1. The molecule has 0 bridgehead atoms. The first-order chi connectivity index (χ1) is 9.24. The maximum Gasteiger partial charge on any atom is 0.120 e. The van der Waals surface area contributed by atoms with Crippen LogP contribution in [0.2, 0.25) is 0 Å². The number of nitrogens with zero attached hydrogens (tertiary/aromatic N) is 1. The van der Waals surface area contributed by atoms with Gasteiger partial charge in [0, 0.05) is 30.9 Å². The van der Waals surface area contributed by atoms with Crippen LogP contribution in [0.4, 0.5) is 5.69 Å². The van der Waals surface area contributed by atoms with Crippen molar-refractivity contribution >= 4 is 5.69 Å². The van der Waals surface area contributed by atoms with Gasteiger partial charge >= 0.3 is 0 Å². The lowest BCUT2D eigenvalue weighted by Crippen LogP contribution is -2.30. The molecule has 0 saturated heterocycles. The molecule has 0 saturated carbocycles. The standard InChI is InChI=1S/C16H18N2O/c17-15-6-3-5-12-8-9-18(11-14(12)15)10-13-4-1-2-7-16(13)19/h1-7,19H,8-11,17H2. The van der Waals surface area contributed by atoms with E-state index in [1.165, 1.54) is 11.1 Å². The third-order valence-electron chi connectivity index (χ3n) is 3.77. The Morgan fingerprint density at radius 2 is 1.95 bits per heavy atom. The number of benzene rings is 2. The van der Waals surface area contributed by atoms with Crippen LogP contribution in [0.1, 0.15) is 16.7 Å². The van der Waals surface area contributed by atoms with Gasteiger partial charge in [0.15, 0.2) is 0 Å². The summed E-state index contributed by atoms with van der Waals surface area (Å²) in [6, 6.07) is 13.7. The lowest BCUT2D eigenvalue weighted by atomic mass is 9.98. The molecule has 1 aliphatic rings. The van der Waals surface area contributed by atoms with Crippen LogP contribution in [0, 0.1) is 0 Å². The Kier molecular flexibility index (Phi) is 3.13. The van der Waals surface area contributed by atoms with Crippen LogP contribution in [-0.4, -0.2) is 16.6 Å². The molecule has 1 aliphatic heterocycles. The highest BCUT2D eigenvalue weighted by Crippen LogP contribution is 2.26. The van der Waals surface area contributed by atoms with E-state index in [-0.39, 0.29) is 0 Å². The van der Waals surface area contributed by atoms with Gasteiger partial charge in [-0.05, 0) is 29.7 Å². The van der Waals surface area contributed by atoms with Crippen molar-refractivity contribution < 1.29 is 5.11 Å². The largest absolute Gasteiger partial charge is 0.508 e. The summed E-state index contributed by atoms with van der Waals surface area (Å²) >= 11 is 0. The number of anilines is 1. The van der Waals surface area contributed by atoms with Gasteiger partial charge in [-0.15, -0.1) is 0 Å². The number of aromatic hydroxyl groups is 1. The number of nitrogen functional groups attached to an aromatic ring is 1. The summed E-state index contributed by atoms with van der Waals surface area (Å²) in [6.45, 7) is 2.63. The molecule has 0 amide bonds. The Bertz CT molecular complexity index is 595. The highest BCUT2D eigenvalue weighted by atomic mass is 16.3. The van der Waals surface area contributed by atoms with E-state index in [4.69, 9.17) is 5.73 Å². The third kappa shape index (κ3) is 2.42. The molecule has 0 fully saturated rings. The van der Waals surface area contributed by atoms with E-state index in [0.717, 1.165) is 37.3 Å². The number of nitrogens with two attached hydrogens (primary N) is 1. The zero-order valence-corrected chi connectivity index (χ0v) is 10.8. The molecule has 98 valence electrons. The van der Waals surface area contributed by atoms with Crippen LogP contribution in [0.5, 0.6) is 5.75 Å². The summed E-state index contributed by atoms with van der Waals surface area (Å²) in [4.78, 5) is 2.33. The van der Waals surface area contributed by atoms with Crippen LogP contribution in [0.15, 0.2) is 42.5 Å². The molecule has 0 atom stereocenters. The predicted octanol–water partition coefficient (Wildman–Crippen LogP) is 2.53. The fraction of sp³-hybridized carbons (Fsp3) is 0.250. The molecule has 3 N–H and O–H groups in total. The van der Waals surface area contributed by atoms with Gasteiger partial charge in [0.2, 0.25) is 0 Å². The van der Waals surface area contributed by atoms with Crippen molar-refractivity contribution in [2.75, 3.05) is 12.3 Å². The number of rotatable bonds is 2. The van der Waals surface area contributed by atoms with E-state index in [2.05, 4.69) is 11.0 Å². The van der Waals surface area contributed by atoms with Gasteiger partial charge in [-0.25, -0.2) is 0 Å². The van der Waals surface area contributed by atoms with Crippen LogP contribution >= 0.6 is 0 Å². The summed E-state index contributed by atoms with van der Waals surface area (Å²) in [5, 5.41) is 9.84. The molecule has 1 heterocycles. The molecule has 2 aromatic carbocycles. The monoisotopic (exact) mass is 254 g/mol. The van der Waals surface area contributed by atoms with Gasteiger partial charge in [-0.1, -0.05) is 30.3 Å². The van der Waals surface area contributed by atoms with Gasteiger partial charge in [0.25, 0.3) is 0 Å². The Morgan fingerprint density at radius 1 is 1.11 bits per heavy atom. The van der Waals surface area contributed by atoms with Crippen LogP contribution < -0.4 is 5.73 Å². The van der Waals surface area contributed by atoms with Gasteiger partial charge in [-0.3, -0.25) is 4.90 Å². The normalized spacial score (nSPS) is 15.2. The van der Waals surface area contributed by atoms with E-state index in [1.807, 2.05) is 30.3 Å².